The first-order chi connectivity index (χ1) is 19.7. The Morgan fingerprint density at radius 3 is 2.32 bits per heavy atom. The van der Waals surface area contributed by atoms with E-state index in [1.165, 1.54) is 22.7 Å². The molecule has 1 aliphatic heterocycles. The van der Waals surface area contributed by atoms with Crippen molar-refractivity contribution in [2.75, 3.05) is 26.2 Å². The lowest BCUT2D eigenvalue weighted by atomic mass is 10.0. The fourth-order valence-electron chi connectivity index (χ4n) is 4.61. The molecule has 0 aliphatic carbocycles. The molecule has 3 N–H and O–H groups in total. The van der Waals surface area contributed by atoms with Crippen LogP contribution >= 0.6 is 22.7 Å². The fraction of sp³-hybridized carbons (Fsp3) is 0.500. The Bertz CT molecular complexity index is 1310. The average molecular weight is 597 g/mol. The second-order valence-corrected chi connectivity index (χ2v) is 13.0. The van der Waals surface area contributed by atoms with Gasteiger partial charge in [0.25, 0.3) is 11.8 Å². The number of hydrogen-bond donors (Lipinski definition) is 3. The maximum Gasteiger partial charge on any atom is 0.271 e. The smallest absolute Gasteiger partial charge is 0.271 e. The van der Waals surface area contributed by atoms with E-state index in [2.05, 4.69) is 44.7 Å². The van der Waals surface area contributed by atoms with Crippen LogP contribution in [0.15, 0.2) is 41.1 Å². The van der Waals surface area contributed by atoms with E-state index in [4.69, 9.17) is 0 Å². The number of amides is 3. The summed E-state index contributed by atoms with van der Waals surface area (Å²) in [5.74, 6) is -0.0786. The van der Waals surface area contributed by atoms with Crippen LogP contribution in [-0.2, 0) is 11.2 Å². The zero-order valence-corrected chi connectivity index (χ0v) is 25.8. The second-order valence-electron chi connectivity index (χ2n) is 11.2. The summed E-state index contributed by atoms with van der Waals surface area (Å²) in [6.45, 7) is 10.5. The van der Waals surface area contributed by atoms with Gasteiger partial charge in [0.05, 0.1) is 18.6 Å². The molecular formula is C30H40N6O3S2. The van der Waals surface area contributed by atoms with Gasteiger partial charge in [0.2, 0.25) is 5.91 Å². The summed E-state index contributed by atoms with van der Waals surface area (Å²) in [6.07, 6.45) is 2.24. The summed E-state index contributed by atoms with van der Waals surface area (Å²) in [5.41, 5.74) is 1.72. The van der Waals surface area contributed by atoms with E-state index in [0.717, 1.165) is 18.5 Å². The van der Waals surface area contributed by atoms with Crippen molar-refractivity contribution < 1.29 is 14.4 Å². The van der Waals surface area contributed by atoms with Crippen LogP contribution in [0.3, 0.4) is 0 Å². The molecule has 1 aromatic carbocycles. The van der Waals surface area contributed by atoms with Gasteiger partial charge in [-0.15, -0.1) is 22.7 Å². The number of aromatic nitrogens is 2. The van der Waals surface area contributed by atoms with E-state index in [-0.39, 0.29) is 42.3 Å². The van der Waals surface area contributed by atoms with Crippen LogP contribution in [0.1, 0.15) is 89.2 Å². The van der Waals surface area contributed by atoms with Gasteiger partial charge in [0.1, 0.15) is 21.4 Å². The molecule has 9 nitrogen and oxygen atoms in total. The summed E-state index contributed by atoms with van der Waals surface area (Å²) in [4.78, 5) is 50.9. The minimum atomic E-state index is -0.368. The molecule has 2 atom stereocenters. The Labute approximate surface area is 250 Å². The largest absolute Gasteiger partial charge is 0.351 e. The highest BCUT2D eigenvalue weighted by molar-refractivity contribution is 7.10. The first kappa shape index (κ1) is 30.8. The molecule has 0 radical (unpaired) electrons. The van der Waals surface area contributed by atoms with Crippen LogP contribution in [0.2, 0.25) is 0 Å². The van der Waals surface area contributed by atoms with Crippen molar-refractivity contribution in [1.29, 1.82) is 0 Å². The van der Waals surface area contributed by atoms with Gasteiger partial charge in [-0.1, -0.05) is 58.0 Å². The molecule has 3 aromatic rings. The first-order valence-corrected chi connectivity index (χ1v) is 16.0. The zero-order valence-electron chi connectivity index (χ0n) is 24.2. The van der Waals surface area contributed by atoms with Gasteiger partial charge in [-0.05, 0) is 43.2 Å². The van der Waals surface area contributed by atoms with Crippen molar-refractivity contribution >= 4 is 40.4 Å². The van der Waals surface area contributed by atoms with Crippen molar-refractivity contribution in [2.24, 2.45) is 11.8 Å². The monoisotopic (exact) mass is 596 g/mol. The van der Waals surface area contributed by atoms with Crippen molar-refractivity contribution in [3.05, 3.63) is 68.1 Å². The van der Waals surface area contributed by atoms with Gasteiger partial charge in [0, 0.05) is 23.8 Å². The lowest BCUT2D eigenvalue weighted by Crippen LogP contribution is -2.41. The number of nitrogens with one attached hydrogen (secondary N) is 3. The number of rotatable bonds is 6. The standard InChI is InChI=1S/C30H40N6O3S2/c1-19(2)11-14-36-13-8-12-31-27(38)23-17-41-30(34-23)26(20(3)4)35-28(39)24-18-40-29(33-24)22(32-25(37)16-36)15-21-9-6-5-7-10-21/h5-7,9-10,17-20,22,26H,8,11-16H2,1-4H3,(H,31,38)(H,32,37)(H,35,39)/t22-,26-/m0/s1. The van der Waals surface area contributed by atoms with Crippen molar-refractivity contribution in [1.82, 2.24) is 30.8 Å². The van der Waals surface area contributed by atoms with Gasteiger partial charge < -0.3 is 16.0 Å². The number of carbonyl (C=O) groups is 3. The Hall–Kier alpha value is -3.15. The number of carbonyl (C=O) groups excluding carboxylic acids is 3. The summed E-state index contributed by atoms with van der Waals surface area (Å²) in [7, 11) is 0. The third-order valence-electron chi connectivity index (χ3n) is 6.97. The highest BCUT2D eigenvalue weighted by atomic mass is 32.1. The third-order valence-corrected chi connectivity index (χ3v) is 8.86. The second kappa shape index (κ2) is 14.7. The molecule has 3 heterocycles. The molecule has 4 bridgehead atoms. The number of fused-ring (bicyclic) bond motifs is 4. The fourth-order valence-corrected chi connectivity index (χ4v) is 6.48. The normalized spacial score (nSPS) is 19.7. The molecule has 11 heteroatoms. The van der Waals surface area contributed by atoms with Gasteiger partial charge in [0.15, 0.2) is 0 Å². The van der Waals surface area contributed by atoms with Crippen molar-refractivity contribution in [2.45, 2.75) is 59.0 Å². The van der Waals surface area contributed by atoms with Gasteiger partial charge in [-0.2, -0.15) is 0 Å². The summed E-state index contributed by atoms with van der Waals surface area (Å²) in [6, 6.07) is 9.24. The maximum absolute atomic E-state index is 13.4. The predicted octanol–water partition coefficient (Wildman–Crippen LogP) is 4.61. The van der Waals surface area contributed by atoms with Crippen molar-refractivity contribution in [3.8, 4) is 0 Å². The first-order valence-electron chi connectivity index (χ1n) is 14.2. The molecular weight excluding hydrogens is 557 g/mol. The minimum Gasteiger partial charge on any atom is -0.351 e. The lowest BCUT2D eigenvalue weighted by molar-refractivity contribution is -0.123. The van der Waals surface area contributed by atoms with Crippen molar-refractivity contribution in [3.63, 3.8) is 0 Å². The third kappa shape index (κ3) is 8.92. The summed E-state index contributed by atoms with van der Waals surface area (Å²) in [5, 5.41) is 14.1. The van der Waals surface area contributed by atoms with E-state index in [9.17, 15) is 14.4 Å². The van der Waals surface area contributed by atoms with Crippen LogP contribution in [0, 0.1) is 11.8 Å². The highest BCUT2D eigenvalue weighted by Gasteiger charge is 2.27. The Balaban J connectivity index is 1.63. The Kier molecular flexibility index (Phi) is 11.0. The van der Waals surface area contributed by atoms with Gasteiger partial charge in [-0.3, -0.25) is 19.3 Å². The van der Waals surface area contributed by atoms with Gasteiger partial charge in [-0.25, -0.2) is 9.97 Å². The lowest BCUT2D eigenvalue weighted by Gasteiger charge is -2.24. The number of hydrogen-bond acceptors (Lipinski definition) is 8. The van der Waals surface area contributed by atoms with Crippen LogP contribution in [-0.4, -0.2) is 58.8 Å². The summed E-state index contributed by atoms with van der Waals surface area (Å²) >= 11 is 2.74. The SMILES string of the molecule is CC(C)CCN1CCCNC(=O)c2csc(n2)[C@H](C(C)C)NC(=O)c2csc(n2)[C@H](Cc2ccccc2)NC(=O)C1. The van der Waals surface area contributed by atoms with Crippen LogP contribution in [0.25, 0.3) is 0 Å². The molecule has 0 unspecified atom stereocenters. The molecule has 220 valence electrons. The zero-order chi connectivity index (χ0) is 29.4. The predicted molar refractivity (Wildman–Crippen MR) is 163 cm³/mol. The van der Waals surface area contributed by atoms with E-state index < -0.39 is 0 Å². The van der Waals surface area contributed by atoms with Crippen LogP contribution in [0.5, 0.6) is 0 Å². The van der Waals surface area contributed by atoms with Gasteiger partial charge >= 0.3 is 0 Å². The van der Waals surface area contributed by atoms with E-state index in [1.54, 1.807) is 10.8 Å². The Morgan fingerprint density at radius 1 is 0.927 bits per heavy atom. The molecule has 0 saturated heterocycles. The molecule has 41 heavy (non-hydrogen) atoms. The molecule has 0 spiro atoms. The van der Waals surface area contributed by atoms with E-state index >= 15 is 0 Å². The number of nitrogens with zero attached hydrogens (tertiary/aromatic N) is 3. The maximum atomic E-state index is 13.4. The number of thiazole rings is 2. The highest BCUT2D eigenvalue weighted by Crippen LogP contribution is 2.27. The topological polar surface area (TPSA) is 116 Å². The molecule has 4 rings (SSSR count). The molecule has 0 saturated carbocycles. The molecule has 3 amide bonds. The van der Waals surface area contributed by atoms with Crippen LogP contribution < -0.4 is 16.0 Å². The minimum absolute atomic E-state index is 0.0511. The summed E-state index contributed by atoms with van der Waals surface area (Å²) < 4.78 is 0. The molecule has 1 aliphatic rings. The van der Waals surface area contributed by atoms with E-state index in [0.29, 0.717) is 53.3 Å². The Morgan fingerprint density at radius 2 is 1.61 bits per heavy atom. The van der Waals surface area contributed by atoms with Crippen LogP contribution in [0.4, 0.5) is 0 Å². The molecule has 2 aromatic heterocycles. The quantitative estimate of drug-likeness (QED) is 0.383. The van der Waals surface area contributed by atoms with E-state index in [1.807, 2.05) is 44.2 Å². The number of benzene rings is 1. The average Bonchev–Trinajstić information content (AvgIpc) is 3.63. The molecule has 0 fully saturated rings.